The summed E-state index contributed by atoms with van der Waals surface area (Å²) < 4.78 is 5.13. The van der Waals surface area contributed by atoms with Crippen LogP contribution in [0.1, 0.15) is 30.5 Å². The number of aliphatic hydroxyl groups excluding tert-OH is 1. The molecule has 1 heterocycles. The Morgan fingerprint density at radius 1 is 1.14 bits per heavy atom. The number of rotatable bonds is 7. The van der Waals surface area contributed by atoms with Crippen LogP contribution in [-0.2, 0) is 11.2 Å². The Labute approximate surface area is 169 Å². The van der Waals surface area contributed by atoms with E-state index in [2.05, 4.69) is 5.32 Å². The number of carbonyl (C=O) groups excluding carboxylic acids is 2. The number of β-lactam (4-membered cyclic amide) rings is 1. The lowest BCUT2D eigenvalue weighted by atomic mass is 9.82. The number of urea groups is 1. The number of carbonyl (C=O) groups is 2. The average molecular weight is 398 g/mol. The summed E-state index contributed by atoms with van der Waals surface area (Å²) in [5.74, 6) is -0.267. The van der Waals surface area contributed by atoms with Crippen molar-refractivity contribution in [3.05, 3.63) is 65.7 Å². The lowest BCUT2D eigenvalue weighted by Gasteiger charge is -2.46. The minimum absolute atomic E-state index is 0.314. The highest BCUT2D eigenvalue weighted by molar-refractivity contribution is 6.01. The van der Waals surface area contributed by atoms with Crippen LogP contribution in [0, 0.1) is 5.92 Å². The van der Waals surface area contributed by atoms with Crippen LogP contribution in [0.4, 0.5) is 4.79 Å². The van der Waals surface area contributed by atoms with Crippen molar-refractivity contribution in [2.45, 2.75) is 38.1 Å². The number of nitrogens with one attached hydrogen (secondary N) is 1. The summed E-state index contributed by atoms with van der Waals surface area (Å²) >= 11 is 0. The van der Waals surface area contributed by atoms with Crippen molar-refractivity contribution in [1.29, 1.82) is 0 Å². The molecule has 1 fully saturated rings. The molecule has 2 aromatic rings. The Hall–Kier alpha value is -2.90. The maximum absolute atomic E-state index is 12.6. The van der Waals surface area contributed by atoms with Crippen LogP contribution in [0.3, 0.4) is 0 Å². The summed E-state index contributed by atoms with van der Waals surface area (Å²) in [7, 11) is 1.59. The van der Waals surface area contributed by atoms with Gasteiger partial charge in [-0.1, -0.05) is 42.5 Å². The van der Waals surface area contributed by atoms with Crippen molar-refractivity contribution in [1.82, 2.24) is 10.2 Å². The first-order valence-electron chi connectivity index (χ1n) is 9.60. The highest BCUT2D eigenvalue weighted by Crippen LogP contribution is 2.33. The summed E-state index contributed by atoms with van der Waals surface area (Å²) in [6.45, 7) is 1.81. The van der Waals surface area contributed by atoms with Crippen LogP contribution in [0.15, 0.2) is 54.6 Å². The number of hydrogen-bond donors (Lipinski definition) is 3. The van der Waals surface area contributed by atoms with Crippen molar-refractivity contribution in [2.24, 2.45) is 5.92 Å². The molecule has 1 aliphatic heterocycles. The van der Waals surface area contributed by atoms with Gasteiger partial charge in [-0.05, 0) is 43.0 Å². The number of hydrogen-bond acceptors (Lipinski definition) is 5. The lowest BCUT2D eigenvalue weighted by Crippen LogP contribution is -2.69. The highest BCUT2D eigenvalue weighted by Gasteiger charge is 2.53. The van der Waals surface area contributed by atoms with Gasteiger partial charge in [0.15, 0.2) is 6.29 Å². The largest absolute Gasteiger partial charge is 0.497 e. The summed E-state index contributed by atoms with van der Waals surface area (Å²) in [4.78, 5) is 26.1. The van der Waals surface area contributed by atoms with E-state index in [1.54, 1.807) is 7.11 Å². The molecular formula is C22H26N2O5. The number of likely N-dealkylation sites (tertiary alicyclic amines) is 1. The van der Waals surface area contributed by atoms with Crippen LogP contribution in [0.5, 0.6) is 5.75 Å². The second kappa shape index (κ2) is 9.07. The van der Waals surface area contributed by atoms with Gasteiger partial charge >= 0.3 is 6.03 Å². The number of nitrogens with zero attached hydrogens (tertiary/aromatic N) is 1. The maximum Gasteiger partial charge on any atom is 0.325 e. The second-order valence-corrected chi connectivity index (χ2v) is 7.19. The first kappa shape index (κ1) is 20.8. The molecule has 7 nitrogen and oxygen atoms in total. The summed E-state index contributed by atoms with van der Waals surface area (Å²) in [6.07, 6.45) is -0.781. The van der Waals surface area contributed by atoms with Crippen molar-refractivity contribution in [3.63, 3.8) is 0 Å². The van der Waals surface area contributed by atoms with Gasteiger partial charge in [0.25, 0.3) is 0 Å². The second-order valence-electron chi connectivity index (χ2n) is 7.19. The fraction of sp³-hybridized carbons (Fsp3) is 0.364. The third-order valence-electron chi connectivity index (χ3n) is 5.33. The molecule has 0 unspecified atom stereocenters. The van der Waals surface area contributed by atoms with E-state index in [1.165, 1.54) is 0 Å². The molecule has 0 radical (unpaired) electrons. The molecule has 154 valence electrons. The molecule has 0 saturated carbocycles. The smallest absolute Gasteiger partial charge is 0.325 e. The molecule has 7 heteroatoms. The number of aryl methyl sites for hydroxylation is 1. The van der Waals surface area contributed by atoms with Crippen LogP contribution in [-0.4, -0.2) is 46.5 Å². The third-order valence-corrected chi connectivity index (χ3v) is 5.33. The fourth-order valence-electron chi connectivity index (χ4n) is 3.63. The first-order chi connectivity index (χ1) is 13.9. The Morgan fingerprint density at radius 3 is 2.38 bits per heavy atom. The van der Waals surface area contributed by atoms with Gasteiger partial charge in [0, 0.05) is 0 Å². The number of methoxy groups -OCH3 is 1. The number of amides is 3. The Morgan fingerprint density at radius 2 is 1.79 bits per heavy atom. The highest BCUT2D eigenvalue weighted by atomic mass is 16.5. The molecule has 2 aromatic carbocycles. The molecule has 0 bridgehead atoms. The van der Waals surface area contributed by atoms with Gasteiger partial charge in [-0.25, -0.2) is 4.79 Å². The van der Waals surface area contributed by atoms with E-state index < -0.39 is 30.2 Å². The Bertz CT molecular complexity index is 838. The molecule has 3 N–H and O–H groups in total. The fourth-order valence-corrected chi connectivity index (χ4v) is 3.63. The first-order valence-corrected chi connectivity index (χ1v) is 9.60. The van der Waals surface area contributed by atoms with E-state index >= 15 is 0 Å². The minimum Gasteiger partial charge on any atom is -0.497 e. The normalized spacial score (nSPS) is 19.6. The molecule has 3 amide bonds. The van der Waals surface area contributed by atoms with E-state index in [-0.39, 0.29) is 6.04 Å². The van der Waals surface area contributed by atoms with Crippen LogP contribution in [0.2, 0.25) is 0 Å². The van der Waals surface area contributed by atoms with Crippen molar-refractivity contribution in [3.8, 4) is 5.75 Å². The molecule has 0 spiro atoms. The van der Waals surface area contributed by atoms with E-state index in [1.807, 2.05) is 61.5 Å². The van der Waals surface area contributed by atoms with Gasteiger partial charge in [-0.3, -0.25) is 9.69 Å². The SMILES string of the molecule is COc1ccc(CC[C@H]2C(=O)N(C(=O)N[C@H](C)c3ccccc3)[C@@H]2C(O)O)cc1. The molecular weight excluding hydrogens is 372 g/mol. The zero-order chi connectivity index (χ0) is 21.0. The zero-order valence-electron chi connectivity index (χ0n) is 16.5. The minimum atomic E-state index is -1.79. The van der Waals surface area contributed by atoms with Gasteiger partial charge in [-0.15, -0.1) is 0 Å². The molecule has 0 aromatic heterocycles. The van der Waals surface area contributed by atoms with Gasteiger partial charge in [0.1, 0.15) is 11.8 Å². The van der Waals surface area contributed by atoms with Crippen LogP contribution >= 0.6 is 0 Å². The van der Waals surface area contributed by atoms with E-state index in [0.717, 1.165) is 21.8 Å². The van der Waals surface area contributed by atoms with Crippen LogP contribution in [0.25, 0.3) is 0 Å². The Balaban J connectivity index is 1.61. The predicted molar refractivity (Wildman–Crippen MR) is 107 cm³/mol. The maximum atomic E-state index is 12.6. The quantitative estimate of drug-likeness (QED) is 0.491. The van der Waals surface area contributed by atoms with Crippen LogP contribution < -0.4 is 10.1 Å². The summed E-state index contributed by atoms with van der Waals surface area (Å²) in [6, 6.07) is 14.9. The molecule has 1 saturated heterocycles. The van der Waals surface area contributed by atoms with Gasteiger partial charge in [-0.2, -0.15) is 0 Å². The lowest BCUT2D eigenvalue weighted by molar-refractivity contribution is -0.178. The van der Waals surface area contributed by atoms with E-state index in [4.69, 9.17) is 4.74 Å². The Kier molecular flexibility index (Phi) is 6.51. The number of ether oxygens (including phenoxy) is 1. The predicted octanol–water partition coefficient (Wildman–Crippen LogP) is 2.24. The average Bonchev–Trinajstić information content (AvgIpc) is 2.72. The molecule has 0 aliphatic carbocycles. The van der Waals surface area contributed by atoms with Crippen molar-refractivity contribution < 1.29 is 24.5 Å². The van der Waals surface area contributed by atoms with Gasteiger partial charge in [0.2, 0.25) is 5.91 Å². The number of imide groups is 1. The molecule has 29 heavy (non-hydrogen) atoms. The monoisotopic (exact) mass is 398 g/mol. The standard InChI is InChI=1S/C22H26N2O5/c1-14(16-6-4-3-5-7-16)23-22(28)24-19(21(26)27)18(20(24)25)13-10-15-8-11-17(29-2)12-9-15/h3-9,11-12,14,18-19,21,26-27H,10,13H2,1-2H3,(H,23,28)/t14-,18-,19+/m1/s1. The molecule has 3 atom stereocenters. The number of aliphatic hydroxyl groups is 2. The van der Waals surface area contributed by atoms with Crippen molar-refractivity contribution >= 4 is 11.9 Å². The third kappa shape index (κ3) is 4.58. The van der Waals surface area contributed by atoms with Crippen molar-refractivity contribution in [2.75, 3.05) is 7.11 Å². The van der Waals surface area contributed by atoms with E-state index in [9.17, 15) is 19.8 Å². The zero-order valence-corrected chi connectivity index (χ0v) is 16.5. The topological polar surface area (TPSA) is 99.1 Å². The van der Waals surface area contributed by atoms with E-state index in [0.29, 0.717) is 12.8 Å². The van der Waals surface area contributed by atoms with Gasteiger partial charge < -0.3 is 20.3 Å². The number of benzene rings is 2. The molecule has 3 rings (SSSR count). The summed E-state index contributed by atoms with van der Waals surface area (Å²) in [5.41, 5.74) is 1.90. The summed E-state index contributed by atoms with van der Waals surface area (Å²) in [5, 5.41) is 22.3. The molecule has 1 aliphatic rings. The van der Waals surface area contributed by atoms with Gasteiger partial charge in [0.05, 0.1) is 19.1 Å².